The summed E-state index contributed by atoms with van der Waals surface area (Å²) in [5.41, 5.74) is 6.63. The molecule has 3 aliphatic heterocycles. The van der Waals surface area contributed by atoms with Gasteiger partial charge < -0.3 is 30.2 Å². The zero-order valence-electron chi connectivity index (χ0n) is 55.1. The molecule has 0 radical (unpaired) electrons. The van der Waals surface area contributed by atoms with Crippen molar-refractivity contribution in [3.05, 3.63) is 133 Å². The van der Waals surface area contributed by atoms with Crippen LogP contribution in [0.3, 0.4) is 0 Å². The predicted octanol–water partition coefficient (Wildman–Crippen LogP) is 15.2. The van der Waals surface area contributed by atoms with Crippen LogP contribution in [0.25, 0.3) is 44.9 Å². The van der Waals surface area contributed by atoms with Crippen LogP contribution >= 0.6 is 119 Å². The molecular formula is C62H93ClFN14O4P13. The van der Waals surface area contributed by atoms with Crippen LogP contribution in [0.4, 0.5) is 21.5 Å². The first-order chi connectivity index (χ1) is 45.3. The molecule has 3 N–H and O–H groups in total. The van der Waals surface area contributed by atoms with Crippen LogP contribution in [-0.4, -0.2) is 175 Å². The van der Waals surface area contributed by atoms with Crippen LogP contribution in [0, 0.1) is 12.7 Å². The van der Waals surface area contributed by atoms with E-state index in [1.807, 2.05) is 52.8 Å². The van der Waals surface area contributed by atoms with Gasteiger partial charge in [-0.05, 0) is 192 Å². The van der Waals surface area contributed by atoms with Gasteiger partial charge in [0.25, 0.3) is 5.91 Å². The summed E-state index contributed by atoms with van der Waals surface area (Å²) >= 11 is 5.66. The maximum Gasteiger partial charge on any atom is 0.251 e. The molecule has 95 heavy (non-hydrogen) atoms. The number of aromatic amines is 1. The number of anilines is 3. The minimum absolute atomic E-state index is 0.00920. The molecule has 0 spiro atoms. The number of benzene rings is 4. The number of likely N-dealkylation sites (tertiary alicyclic amines) is 1. The van der Waals surface area contributed by atoms with Crippen molar-refractivity contribution < 1.29 is 23.6 Å². The third-order valence-corrected chi connectivity index (χ3v) is 66.1. The first-order valence-corrected chi connectivity index (χ1v) is 53.2. The molecule has 7 aromatic rings. The summed E-state index contributed by atoms with van der Waals surface area (Å²) in [5, 5.41) is 13.8. The monoisotopic (exact) mass is 1550 g/mol. The smallest absolute Gasteiger partial charge is 0.251 e. The summed E-state index contributed by atoms with van der Waals surface area (Å²) in [5.74, 6) is 0.756. The fraction of sp³-hybridized carbons (Fsp3) is 0.403. The van der Waals surface area contributed by atoms with Crippen LogP contribution in [0.1, 0.15) is 60.5 Å². The molecule has 10 rings (SSSR count). The second-order valence-corrected chi connectivity index (χ2v) is 65.7. The summed E-state index contributed by atoms with van der Waals surface area (Å²) in [6.07, 6.45) is 7.99. The number of aromatic nitrogens is 6. The number of piperazine rings is 2. The molecule has 514 valence electrons. The number of halogens is 2. The van der Waals surface area contributed by atoms with Gasteiger partial charge in [0.05, 0.1) is 17.8 Å². The van der Waals surface area contributed by atoms with Crippen LogP contribution in [0.2, 0.25) is 0 Å². The Hall–Kier alpha value is -2.28. The highest BCUT2D eigenvalue weighted by atomic mass is 35.5. The topological polar surface area (TPSA) is 192 Å². The van der Waals surface area contributed by atoms with E-state index >= 15 is 0 Å². The number of carbonyl (C=O) groups is 4. The van der Waals surface area contributed by atoms with Gasteiger partial charge in [0.2, 0.25) is 18.2 Å². The number of alkyl halides is 1. The highest BCUT2D eigenvalue weighted by molar-refractivity contribution is 9.06. The Morgan fingerprint density at radius 2 is 1.25 bits per heavy atom. The highest BCUT2D eigenvalue weighted by Gasteiger charge is 2.45. The van der Waals surface area contributed by atoms with Crippen molar-refractivity contribution in [2.45, 2.75) is 91.5 Å². The van der Waals surface area contributed by atoms with Gasteiger partial charge in [0, 0.05) is 140 Å². The molecule has 10 unspecified atom stereocenters. The van der Waals surface area contributed by atoms with E-state index in [1.54, 1.807) is 61.2 Å². The van der Waals surface area contributed by atoms with Crippen LogP contribution in [0.15, 0.2) is 122 Å². The Balaban J connectivity index is 0.000000259. The number of nitrogens with zero attached hydrogens (tertiary/aromatic N) is 11. The van der Waals surface area contributed by atoms with E-state index in [9.17, 15) is 23.6 Å². The van der Waals surface area contributed by atoms with Crippen molar-refractivity contribution in [3.63, 3.8) is 0 Å². The summed E-state index contributed by atoms with van der Waals surface area (Å²) < 4.78 is 13.5. The van der Waals surface area contributed by atoms with Gasteiger partial charge in [-0.2, -0.15) is 5.10 Å². The molecule has 0 aliphatic carbocycles. The average molecular weight is 1560 g/mol. The lowest BCUT2D eigenvalue weighted by Crippen LogP contribution is -2.58. The first-order valence-electron chi connectivity index (χ1n) is 30.9. The van der Waals surface area contributed by atoms with Crippen molar-refractivity contribution >= 4 is 171 Å². The molecular weight excluding hydrogens is 1460 g/mol. The lowest BCUT2D eigenvalue weighted by atomic mass is 9.97. The zero-order chi connectivity index (χ0) is 69.5. The third-order valence-electron chi connectivity index (χ3n) is 16.1. The number of rotatable bonds is 18. The fourth-order valence-corrected chi connectivity index (χ4v) is 40.3. The number of H-pyrrole nitrogens is 1. The quantitative estimate of drug-likeness (QED) is 0.0418. The van der Waals surface area contributed by atoms with Crippen LogP contribution in [-0.2, 0) is 19.2 Å². The number of carbonyl (C=O) groups excluding carboxylic acids is 4. The standard InChI is InChI=1S/C37H38FN9O3.C17H19ClN4O.C8H19N.H10P8.H7P5/c1-24-18-39-35(40-19-24)27-5-10-30(11-6-27)46-15-16-47(25(2)20-46)33(49)21-45-14-13-37(22-45,41-23-48)36(50)42-29-9-12-32-31(17-29)34(44-43-32)26-3-7-28(38)8-4-26;1-13-12-21(9-10-22(13)16(23)11-18)15-5-3-14(4-6-15)17-19-7-2-8-20-17;1-6-9(7(2)3)8(4)5;1-6(2)8(5)7(3)4;1-4-5(2)3/h3-12,17-19,23,25H,13-16,20-22H2,1-2H3,(H,41,48)(H,42,50)(H,43,44);2-8,13H,9-12H2,1H3;7-8H,6H2,1-5H3;1-5H2;4H,1-3H2/t25-,37?;13-;;;/m11.../s1. The molecule has 3 fully saturated rings. The summed E-state index contributed by atoms with van der Waals surface area (Å²) in [4.78, 5) is 80.9. The fourth-order valence-electron chi connectivity index (χ4n) is 11.2. The van der Waals surface area contributed by atoms with E-state index in [0.29, 0.717) is 74.8 Å². The highest BCUT2D eigenvalue weighted by Crippen LogP contribution is 3.00. The second-order valence-electron chi connectivity index (χ2n) is 23.4. The summed E-state index contributed by atoms with van der Waals surface area (Å²) in [6, 6.07) is 31.1. The van der Waals surface area contributed by atoms with Crippen molar-refractivity contribution in [2.24, 2.45) is 0 Å². The van der Waals surface area contributed by atoms with Crippen molar-refractivity contribution in [3.8, 4) is 34.0 Å². The third kappa shape index (κ3) is 24.7. The van der Waals surface area contributed by atoms with E-state index in [2.05, 4.69) is 193 Å². The molecule has 4 aromatic carbocycles. The lowest BCUT2D eigenvalue weighted by Gasteiger charge is -2.41. The normalized spacial score (nSPS) is 17.4. The van der Waals surface area contributed by atoms with Crippen molar-refractivity contribution in [1.82, 2.24) is 55.0 Å². The first kappa shape index (κ1) is 81.7. The number of aryl methyl sites for hydroxylation is 1. The zero-order valence-corrected chi connectivity index (χ0v) is 69.7. The van der Waals surface area contributed by atoms with Gasteiger partial charge in [-0.15, -0.1) is 83.0 Å². The van der Waals surface area contributed by atoms with Crippen molar-refractivity contribution in [1.29, 1.82) is 0 Å². The maximum atomic E-state index is 13.7. The minimum Gasteiger partial charge on any atom is -0.368 e. The Labute approximate surface area is 590 Å². The predicted molar refractivity (Wildman–Crippen MR) is 437 cm³/mol. The molecule has 3 aromatic heterocycles. The number of nitrogens with one attached hydrogen (secondary N) is 3. The molecule has 6 heterocycles. The second kappa shape index (κ2) is 41.0. The Bertz CT molecular complexity index is 3500. The molecule has 3 aliphatic rings. The molecule has 12 atom stereocenters. The summed E-state index contributed by atoms with van der Waals surface area (Å²) in [7, 11) is 23.6. The van der Waals surface area contributed by atoms with Gasteiger partial charge in [0.1, 0.15) is 17.2 Å². The maximum absolute atomic E-state index is 13.7. The van der Waals surface area contributed by atoms with Gasteiger partial charge in [-0.3, -0.25) is 34.1 Å². The van der Waals surface area contributed by atoms with Crippen LogP contribution in [0.5, 0.6) is 0 Å². The molecule has 0 bridgehead atoms. The lowest BCUT2D eigenvalue weighted by molar-refractivity contribution is -0.135. The van der Waals surface area contributed by atoms with E-state index in [-0.39, 0.29) is 82.5 Å². The van der Waals surface area contributed by atoms with Gasteiger partial charge in [0.15, 0.2) is 11.6 Å². The van der Waals surface area contributed by atoms with Crippen LogP contribution < -0.4 is 20.4 Å². The van der Waals surface area contributed by atoms with E-state index in [4.69, 9.17) is 11.6 Å². The van der Waals surface area contributed by atoms with E-state index in [0.717, 1.165) is 77.9 Å². The number of amides is 4. The number of fused-ring (bicyclic) bond motifs is 1. The molecule has 3 saturated heterocycles. The van der Waals surface area contributed by atoms with Gasteiger partial charge >= 0.3 is 0 Å². The average Bonchev–Trinajstić information content (AvgIpc) is 1.83. The number of hydrogen-bond donors (Lipinski definition) is 3. The van der Waals surface area contributed by atoms with E-state index in [1.165, 1.54) is 12.1 Å². The SMILES string of the molecule is CCN(C(C)C)C(C)C.C[C@@H]1CN(c2ccc(-c3ncccn3)cc2)CCN1C(=O)CCl.Cc1cnc(-c2ccc(N3CCN(C(=O)CN4CCC(NC=O)(C(=O)Nc5ccc6[nH]nc(-c7ccc(F)cc7)c6c5)C4)[C@H](C)C3)cc2)nc1.PP(P)P(P)P(P)P.PPP(P)P. The molecule has 18 nitrogen and oxygen atoms in total. The van der Waals surface area contributed by atoms with Gasteiger partial charge in [-0.25, -0.2) is 24.3 Å². The van der Waals surface area contributed by atoms with Gasteiger partial charge in [-0.1, -0.05) is 14.9 Å². The van der Waals surface area contributed by atoms with Crippen molar-refractivity contribution in [2.75, 3.05) is 86.4 Å². The minimum atomic E-state index is -1.20. The molecule has 0 saturated carbocycles. The molecule has 33 heteroatoms. The Kier molecular flexibility index (Phi) is 35.2. The Morgan fingerprint density at radius 1 is 0.747 bits per heavy atom. The molecule has 4 amide bonds. The number of hydrogen-bond acceptors (Lipinski definition) is 13. The van der Waals surface area contributed by atoms with E-state index < -0.39 is 5.54 Å². The Morgan fingerprint density at radius 3 is 1.69 bits per heavy atom. The largest absolute Gasteiger partial charge is 0.368 e. The summed E-state index contributed by atoms with van der Waals surface area (Å²) in [6.45, 7) is 24.2.